The van der Waals surface area contributed by atoms with Gasteiger partial charge in [0.15, 0.2) is 0 Å². The van der Waals surface area contributed by atoms with Crippen LogP contribution in [0, 0.1) is 5.41 Å². The number of aromatic nitrogens is 1. The van der Waals surface area contributed by atoms with Crippen molar-refractivity contribution in [2.75, 3.05) is 6.54 Å². The van der Waals surface area contributed by atoms with Crippen LogP contribution in [0.3, 0.4) is 0 Å². The molecule has 0 amide bonds. The van der Waals surface area contributed by atoms with Crippen LogP contribution in [0.2, 0.25) is 5.02 Å². The third-order valence-electron chi connectivity index (χ3n) is 3.13. The van der Waals surface area contributed by atoms with E-state index in [1.807, 2.05) is 0 Å². The SMILES string of the molecule is O=C(O)C1(Cc2ncc(C(F)(F)F)cc2Cl)C=CC=NC1. The fourth-order valence-electron chi connectivity index (χ4n) is 1.94. The number of carboxylic acid groups (broad SMARTS) is 1. The molecule has 0 bridgehead atoms. The van der Waals surface area contributed by atoms with Crippen molar-refractivity contribution in [3.8, 4) is 0 Å². The normalized spacial score (nSPS) is 21.5. The van der Waals surface area contributed by atoms with Crippen LogP contribution >= 0.6 is 11.6 Å². The van der Waals surface area contributed by atoms with E-state index in [-0.39, 0.29) is 23.7 Å². The minimum absolute atomic E-state index is 0.0160. The lowest BCUT2D eigenvalue weighted by Gasteiger charge is -2.25. The Hall–Kier alpha value is -1.89. The van der Waals surface area contributed by atoms with Crippen molar-refractivity contribution in [1.29, 1.82) is 0 Å². The van der Waals surface area contributed by atoms with E-state index in [4.69, 9.17) is 11.6 Å². The number of nitrogens with zero attached hydrogens (tertiary/aromatic N) is 2. The number of hydrogen-bond acceptors (Lipinski definition) is 3. The van der Waals surface area contributed by atoms with Crippen LogP contribution in [-0.4, -0.2) is 28.8 Å². The van der Waals surface area contributed by atoms with Gasteiger partial charge in [-0.25, -0.2) is 0 Å². The number of alkyl halides is 3. The Morgan fingerprint density at radius 1 is 1.48 bits per heavy atom. The minimum atomic E-state index is -4.55. The van der Waals surface area contributed by atoms with Crippen LogP contribution in [-0.2, 0) is 17.4 Å². The predicted octanol–water partition coefficient (Wildman–Crippen LogP) is 3.01. The van der Waals surface area contributed by atoms with Crippen molar-refractivity contribution in [3.63, 3.8) is 0 Å². The average Bonchev–Trinajstić information content (AvgIpc) is 2.41. The Kier molecular flexibility index (Phi) is 4.04. The summed E-state index contributed by atoms with van der Waals surface area (Å²) in [5.74, 6) is -1.13. The molecule has 0 radical (unpaired) electrons. The summed E-state index contributed by atoms with van der Waals surface area (Å²) in [4.78, 5) is 19.0. The van der Waals surface area contributed by atoms with Gasteiger partial charge in [0.1, 0.15) is 5.41 Å². The van der Waals surface area contributed by atoms with Gasteiger partial charge in [0, 0.05) is 18.8 Å². The smallest absolute Gasteiger partial charge is 0.417 e. The molecular weight excluding hydrogens is 309 g/mol. The topological polar surface area (TPSA) is 62.5 Å². The largest absolute Gasteiger partial charge is 0.481 e. The maximum absolute atomic E-state index is 12.5. The van der Waals surface area contributed by atoms with Crippen LogP contribution in [0.15, 0.2) is 29.4 Å². The number of carbonyl (C=O) groups is 1. The maximum Gasteiger partial charge on any atom is 0.417 e. The molecule has 0 aliphatic carbocycles. The first-order chi connectivity index (χ1) is 9.74. The molecular formula is C13H10ClF3N2O2. The van der Waals surface area contributed by atoms with Gasteiger partial charge >= 0.3 is 12.1 Å². The summed E-state index contributed by atoms with van der Waals surface area (Å²) in [5.41, 5.74) is -2.22. The van der Waals surface area contributed by atoms with E-state index in [9.17, 15) is 23.1 Å². The Bertz CT molecular complexity index is 628. The molecule has 1 aliphatic heterocycles. The highest BCUT2D eigenvalue weighted by atomic mass is 35.5. The first-order valence-electron chi connectivity index (χ1n) is 5.87. The lowest BCUT2D eigenvalue weighted by atomic mass is 9.81. The highest BCUT2D eigenvalue weighted by Crippen LogP contribution is 2.34. The van der Waals surface area contributed by atoms with Crippen LogP contribution in [0.25, 0.3) is 0 Å². The van der Waals surface area contributed by atoms with Gasteiger partial charge in [0.05, 0.1) is 22.8 Å². The van der Waals surface area contributed by atoms with E-state index in [2.05, 4.69) is 9.98 Å². The summed E-state index contributed by atoms with van der Waals surface area (Å²) < 4.78 is 37.6. The van der Waals surface area contributed by atoms with E-state index in [1.165, 1.54) is 18.4 Å². The highest BCUT2D eigenvalue weighted by Gasteiger charge is 2.38. The zero-order valence-corrected chi connectivity index (χ0v) is 11.3. The molecule has 112 valence electrons. The number of rotatable bonds is 3. The first kappa shape index (κ1) is 15.5. The second kappa shape index (κ2) is 5.48. The lowest BCUT2D eigenvalue weighted by Crippen LogP contribution is -2.36. The summed E-state index contributed by atoms with van der Waals surface area (Å²) in [5, 5.41) is 9.13. The molecule has 0 spiro atoms. The number of hydrogen-bond donors (Lipinski definition) is 1. The molecule has 0 saturated carbocycles. The van der Waals surface area contributed by atoms with E-state index < -0.39 is 23.1 Å². The van der Waals surface area contributed by atoms with Crippen molar-refractivity contribution in [2.45, 2.75) is 12.6 Å². The lowest BCUT2D eigenvalue weighted by molar-refractivity contribution is -0.145. The molecule has 1 unspecified atom stereocenters. The van der Waals surface area contributed by atoms with Gasteiger partial charge < -0.3 is 5.11 Å². The monoisotopic (exact) mass is 318 g/mol. The van der Waals surface area contributed by atoms with Crippen molar-refractivity contribution >= 4 is 23.8 Å². The van der Waals surface area contributed by atoms with Crippen LogP contribution in [0.4, 0.5) is 13.2 Å². The average molecular weight is 319 g/mol. The van der Waals surface area contributed by atoms with Crippen molar-refractivity contribution < 1.29 is 23.1 Å². The fourth-order valence-corrected chi connectivity index (χ4v) is 2.17. The molecule has 2 rings (SSSR count). The summed E-state index contributed by atoms with van der Waals surface area (Å²) in [6, 6.07) is 0.745. The molecule has 1 aromatic heterocycles. The van der Waals surface area contributed by atoms with Gasteiger partial charge in [-0.3, -0.25) is 14.8 Å². The molecule has 2 heterocycles. The molecule has 0 fully saturated rings. The molecule has 4 nitrogen and oxygen atoms in total. The van der Waals surface area contributed by atoms with Crippen molar-refractivity contribution in [2.24, 2.45) is 10.4 Å². The number of halogens is 4. The molecule has 1 N–H and O–H groups in total. The fraction of sp³-hybridized carbons (Fsp3) is 0.308. The maximum atomic E-state index is 12.5. The van der Waals surface area contributed by atoms with Gasteiger partial charge in [0.25, 0.3) is 0 Å². The molecule has 1 atom stereocenters. The van der Waals surface area contributed by atoms with E-state index >= 15 is 0 Å². The van der Waals surface area contributed by atoms with Crippen molar-refractivity contribution in [3.05, 3.63) is 40.7 Å². The van der Waals surface area contributed by atoms with Gasteiger partial charge in [0.2, 0.25) is 0 Å². The predicted molar refractivity (Wildman–Crippen MR) is 70.5 cm³/mol. The van der Waals surface area contributed by atoms with E-state index in [1.54, 1.807) is 0 Å². The molecule has 21 heavy (non-hydrogen) atoms. The molecule has 1 aromatic rings. The van der Waals surface area contributed by atoms with Crippen LogP contribution in [0.5, 0.6) is 0 Å². The number of allylic oxidation sites excluding steroid dienone is 1. The quantitative estimate of drug-likeness (QED) is 0.932. The number of aliphatic imine (C=N–C) groups is 1. The Labute approximate surface area is 123 Å². The zero-order valence-electron chi connectivity index (χ0n) is 10.6. The second-order valence-corrected chi connectivity index (χ2v) is 5.04. The second-order valence-electron chi connectivity index (χ2n) is 4.64. The molecule has 0 saturated heterocycles. The number of aliphatic carboxylic acids is 1. The van der Waals surface area contributed by atoms with Gasteiger partial charge in [-0.1, -0.05) is 17.7 Å². The van der Waals surface area contributed by atoms with E-state index in [0.717, 1.165) is 6.07 Å². The van der Waals surface area contributed by atoms with Gasteiger partial charge in [-0.05, 0) is 12.1 Å². The van der Waals surface area contributed by atoms with Gasteiger partial charge in [-0.15, -0.1) is 0 Å². The molecule has 1 aliphatic rings. The minimum Gasteiger partial charge on any atom is -0.481 e. The van der Waals surface area contributed by atoms with Crippen molar-refractivity contribution in [1.82, 2.24) is 4.98 Å². The Morgan fingerprint density at radius 2 is 2.19 bits per heavy atom. The molecule has 8 heteroatoms. The summed E-state index contributed by atoms with van der Waals surface area (Å²) in [6.45, 7) is -0.0160. The van der Waals surface area contributed by atoms with Crippen LogP contribution in [0.1, 0.15) is 11.3 Å². The third kappa shape index (κ3) is 3.24. The third-order valence-corrected chi connectivity index (χ3v) is 3.46. The summed E-state index contributed by atoms with van der Waals surface area (Å²) in [6.07, 6.45) is 0.352. The first-order valence-corrected chi connectivity index (χ1v) is 6.25. The summed E-state index contributed by atoms with van der Waals surface area (Å²) in [7, 11) is 0. The van der Waals surface area contributed by atoms with Crippen LogP contribution < -0.4 is 0 Å². The zero-order chi connectivity index (χ0) is 15.7. The Balaban J connectivity index is 2.33. The highest BCUT2D eigenvalue weighted by molar-refractivity contribution is 6.31. The molecule has 0 aromatic carbocycles. The summed E-state index contributed by atoms with van der Waals surface area (Å²) >= 11 is 5.80. The standard InChI is InChI=1S/C13H10ClF3N2O2/c14-9-4-8(13(15,16)17)6-19-10(9)5-12(11(20)21)2-1-3-18-7-12/h1-4,6H,5,7H2,(H,20,21). The van der Waals surface area contributed by atoms with Gasteiger partial charge in [-0.2, -0.15) is 13.2 Å². The Morgan fingerprint density at radius 3 is 2.67 bits per heavy atom. The number of dihydropyridines is 1. The number of carboxylic acids is 1. The number of pyridine rings is 1. The van der Waals surface area contributed by atoms with E-state index in [0.29, 0.717) is 6.20 Å².